The average Bonchev–Trinajstić information content (AvgIpc) is 2.34. The molecule has 16 heavy (non-hydrogen) atoms. The van der Waals surface area contributed by atoms with Crippen LogP contribution in [0.2, 0.25) is 0 Å². The second-order valence-electron chi connectivity index (χ2n) is 3.34. The molecule has 1 atom stereocenters. The second-order valence-corrected chi connectivity index (χ2v) is 3.34. The van der Waals surface area contributed by atoms with Crippen LogP contribution in [0.15, 0.2) is 35.4 Å². The molecule has 82 valence electrons. The van der Waals surface area contributed by atoms with Crippen LogP contribution in [0, 0.1) is 11.3 Å². The molecule has 0 aliphatic heterocycles. The molecule has 1 N–H and O–H groups in total. The molecule has 0 aliphatic carbocycles. The van der Waals surface area contributed by atoms with Crippen molar-refractivity contribution in [1.29, 1.82) is 5.26 Å². The van der Waals surface area contributed by atoms with Crippen molar-refractivity contribution in [3.63, 3.8) is 0 Å². The van der Waals surface area contributed by atoms with Crippen molar-refractivity contribution in [3.05, 3.63) is 46.3 Å². The fourth-order valence-corrected chi connectivity index (χ4v) is 1.42. The molecule has 0 fully saturated rings. The molecular weight excluding hydrogens is 202 g/mol. The molecule has 0 heterocycles. The number of nitrogens with one attached hydrogen (secondary N) is 1. The monoisotopic (exact) mass is 215 g/mol. The van der Waals surface area contributed by atoms with E-state index in [1.165, 1.54) is 0 Å². The minimum atomic E-state index is 0.0120. The third-order valence-corrected chi connectivity index (χ3v) is 2.16. The predicted molar refractivity (Wildman–Crippen MR) is 61.6 cm³/mol. The number of azide groups is 1. The highest BCUT2D eigenvalue weighted by Crippen LogP contribution is 2.03. The Morgan fingerprint density at radius 3 is 2.81 bits per heavy atom. The molecular formula is C11H13N5. The van der Waals surface area contributed by atoms with E-state index in [0.717, 1.165) is 12.0 Å². The van der Waals surface area contributed by atoms with Crippen LogP contribution in [0.1, 0.15) is 5.56 Å². The predicted octanol–water partition coefficient (Wildman–Crippen LogP) is 2.02. The number of hydrogen-bond donors (Lipinski definition) is 1. The standard InChI is InChI=1S/C11H13N5/c12-6-7-14-11(9-15-16-13)8-10-4-2-1-3-5-10/h1-5,11,14H,7-9H2/t11-/m0/s1. The molecule has 0 bridgehead atoms. The first-order valence-corrected chi connectivity index (χ1v) is 5.02. The summed E-state index contributed by atoms with van der Waals surface area (Å²) in [6.07, 6.45) is 0.752. The van der Waals surface area contributed by atoms with Gasteiger partial charge in [-0.15, -0.1) is 0 Å². The molecule has 0 saturated heterocycles. The maximum Gasteiger partial charge on any atom is 0.0843 e. The molecule has 1 rings (SSSR count). The molecule has 0 radical (unpaired) electrons. The Kier molecular flexibility index (Phi) is 5.49. The molecule has 0 unspecified atom stereocenters. The Balaban J connectivity index is 2.56. The van der Waals surface area contributed by atoms with Crippen molar-refractivity contribution in [2.45, 2.75) is 12.5 Å². The van der Waals surface area contributed by atoms with Gasteiger partial charge in [0.15, 0.2) is 0 Å². The lowest BCUT2D eigenvalue weighted by Crippen LogP contribution is -2.34. The minimum Gasteiger partial charge on any atom is -0.301 e. The number of rotatable bonds is 6. The van der Waals surface area contributed by atoms with Gasteiger partial charge in [0.25, 0.3) is 0 Å². The van der Waals surface area contributed by atoms with Gasteiger partial charge in [-0.2, -0.15) is 5.26 Å². The largest absolute Gasteiger partial charge is 0.301 e. The summed E-state index contributed by atoms with van der Waals surface area (Å²) >= 11 is 0. The van der Waals surface area contributed by atoms with Gasteiger partial charge in [0.05, 0.1) is 12.6 Å². The maximum absolute atomic E-state index is 8.49. The summed E-state index contributed by atoms with van der Waals surface area (Å²) in [5.74, 6) is 0. The van der Waals surface area contributed by atoms with Crippen molar-refractivity contribution < 1.29 is 0 Å². The smallest absolute Gasteiger partial charge is 0.0843 e. The van der Waals surface area contributed by atoms with E-state index in [-0.39, 0.29) is 12.6 Å². The molecule has 5 nitrogen and oxygen atoms in total. The lowest BCUT2D eigenvalue weighted by Gasteiger charge is -2.14. The van der Waals surface area contributed by atoms with E-state index in [2.05, 4.69) is 15.3 Å². The van der Waals surface area contributed by atoms with E-state index in [1.807, 2.05) is 36.4 Å². The van der Waals surface area contributed by atoms with E-state index in [4.69, 9.17) is 10.8 Å². The van der Waals surface area contributed by atoms with Crippen LogP contribution >= 0.6 is 0 Å². The van der Waals surface area contributed by atoms with E-state index in [1.54, 1.807) is 0 Å². The van der Waals surface area contributed by atoms with Crippen LogP contribution < -0.4 is 5.32 Å². The van der Waals surface area contributed by atoms with Gasteiger partial charge in [0.2, 0.25) is 0 Å². The molecule has 0 aliphatic rings. The third-order valence-electron chi connectivity index (χ3n) is 2.16. The van der Waals surface area contributed by atoms with Crippen molar-refractivity contribution in [2.24, 2.45) is 5.11 Å². The first kappa shape index (κ1) is 12.1. The zero-order valence-corrected chi connectivity index (χ0v) is 8.87. The van der Waals surface area contributed by atoms with Crippen LogP contribution in [-0.4, -0.2) is 19.1 Å². The Bertz CT molecular complexity index is 389. The maximum atomic E-state index is 8.49. The first-order valence-electron chi connectivity index (χ1n) is 5.02. The number of nitriles is 1. The molecule has 0 saturated carbocycles. The average molecular weight is 215 g/mol. The van der Waals surface area contributed by atoms with Gasteiger partial charge < -0.3 is 5.32 Å². The van der Waals surface area contributed by atoms with E-state index in [9.17, 15) is 0 Å². The Hall–Kier alpha value is -2.02. The zero-order chi connectivity index (χ0) is 11.6. The summed E-state index contributed by atoms with van der Waals surface area (Å²) in [4.78, 5) is 2.73. The van der Waals surface area contributed by atoms with E-state index < -0.39 is 0 Å². The van der Waals surface area contributed by atoms with Crippen LogP contribution in [0.3, 0.4) is 0 Å². The fourth-order valence-electron chi connectivity index (χ4n) is 1.42. The Labute approximate surface area is 94.3 Å². The zero-order valence-electron chi connectivity index (χ0n) is 8.87. The van der Waals surface area contributed by atoms with Crippen LogP contribution in [0.4, 0.5) is 0 Å². The Morgan fingerprint density at radius 1 is 1.44 bits per heavy atom. The van der Waals surface area contributed by atoms with Gasteiger partial charge in [0, 0.05) is 17.5 Å². The quantitative estimate of drug-likeness (QED) is 0.340. The van der Waals surface area contributed by atoms with Gasteiger partial charge >= 0.3 is 0 Å². The number of nitrogens with zero attached hydrogens (tertiary/aromatic N) is 4. The highest BCUT2D eigenvalue weighted by Gasteiger charge is 2.07. The SMILES string of the molecule is N#CCN[C@H](CN=[N+]=[N-])Cc1ccccc1. The molecule has 0 spiro atoms. The summed E-state index contributed by atoms with van der Waals surface area (Å²) in [6, 6.07) is 11.9. The van der Waals surface area contributed by atoms with Gasteiger partial charge in [0.1, 0.15) is 0 Å². The summed E-state index contributed by atoms with van der Waals surface area (Å²) in [5.41, 5.74) is 9.43. The molecule has 0 amide bonds. The van der Waals surface area contributed by atoms with Gasteiger partial charge in [-0.25, -0.2) is 0 Å². The molecule has 0 aromatic heterocycles. The van der Waals surface area contributed by atoms with Crippen LogP contribution in [-0.2, 0) is 6.42 Å². The number of hydrogen-bond acceptors (Lipinski definition) is 3. The normalized spacial score (nSPS) is 11.2. The lowest BCUT2D eigenvalue weighted by molar-refractivity contribution is 0.547. The highest BCUT2D eigenvalue weighted by atomic mass is 15.1. The van der Waals surface area contributed by atoms with Crippen LogP contribution in [0.5, 0.6) is 0 Å². The summed E-state index contributed by atoms with van der Waals surface area (Å²) < 4.78 is 0. The first-order chi connectivity index (χ1) is 7.86. The Morgan fingerprint density at radius 2 is 2.19 bits per heavy atom. The van der Waals surface area contributed by atoms with Crippen molar-refractivity contribution >= 4 is 0 Å². The molecule has 5 heteroatoms. The van der Waals surface area contributed by atoms with Gasteiger partial charge in [-0.05, 0) is 17.5 Å². The third kappa shape index (κ3) is 4.47. The second kappa shape index (κ2) is 7.30. The molecule has 1 aromatic carbocycles. The van der Waals surface area contributed by atoms with Gasteiger partial charge in [-0.3, -0.25) is 0 Å². The summed E-state index contributed by atoms with van der Waals surface area (Å²) in [6.45, 7) is 0.617. The summed E-state index contributed by atoms with van der Waals surface area (Å²) in [7, 11) is 0. The van der Waals surface area contributed by atoms with Crippen molar-refractivity contribution in [2.75, 3.05) is 13.1 Å². The van der Waals surface area contributed by atoms with Gasteiger partial charge in [-0.1, -0.05) is 35.4 Å². The van der Waals surface area contributed by atoms with E-state index >= 15 is 0 Å². The van der Waals surface area contributed by atoms with Crippen LogP contribution in [0.25, 0.3) is 10.4 Å². The number of benzene rings is 1. The topological polar surface area (TPSA) is 84.6 Å². The molecule has 1 aromatic rings. The van der Waals surface area contributed by atoms with Crippen molar-refractivity contribution in [1.82, 2.24) is 5.32 Å². The summed E-state index contributed by atoms with van der Waals surface area (Å²) in [5, 5.41) is 15.0. The lowest BCUT2D eigenvalue weighted by atomic mass is 10.1. The minimum absolute atomic E-state index is 0.0120. The van der Waals surface area contributed by atoms with Crippen molar-refractivity contribution in [3.8, 4) is 6.07 Å². The highest BCUT2D eigenvalue weighted by molar-refractivity contribution is 5.16. The van der Waals surface area contributed by atoms with E-state index in [0.29, 0.717) is 6.54 Å². The fraction of sp³-hybridized carbons (Fsp3) is 0.364.